The summed E-state index contributed by atoms with van der Waals surface area (Å²) in [5.41, 5.74) is 0.817. The first-order valence-electron chi connectivity index (χ1n) is 7.42. The highest BCUT2D eigenvalue weighted by Gasteiger charge is 2.24. The second-order valence-corrected chi connectivity index (χ2v) is 5.54. The minimum absolute atomic E-state index is 0.144. The Morgan fingerprint density at radius 3 is 2.90 bits per heavy atom. The van der Waals surface area contributed by atoms with E-state index in [1.807, 2.05) is 30.3 Å². The lowest BCUT2D eigenvalue weighted by Crippen LogP contribution is -2.48. The molecule has 0 saturated heterocycles. The average molecular weight is 288 g/mol. The minimum Gasteiger partial charge on any atom is -0.459 e. The third kappa shape index (κ3) is 3.36. The van der Waals surface area contributed by atoms with Gasteiger partial charge < -0.3 is 20.2 Å². The lowest BCUT2D eigenvalue weighted by Gasteiger charge is -2.28. The summed E-state index contributed by atoms with van der Waals surface area (Å²) in [5.74, 6) is 0.718. The van der Waals surface area contributed by atoms with Crippen molar-refractivity contribution in [1.29, 1.82) is 0 Å². The highest BCUT2D eigenvalue weighted by atomic mass is 16.3. The number of fused-ring (bicyclic) bond motifs is 1. The van der Waals surface area contributed by atoms with E-state index in [1.165, 1.54) is 0 Å². The van der Waals surface area contributed by atoms with E-state index in [0.717, 1.165) is 42.4 Å². The number of furan rings is 1. The Balaban J connectivity index is 1.53. The number of rotatable bonds is 3. The standard InChI is InChI=1S/C16H20N2O3/c19-14-7-3-2-6-13(14)18-16(20)17-10-12-9-11-5-1-4-8-15(11)21-12/h1,4-5,8-9,13-14,19H,2-3,6-7,10H2,(H2,17,18,20). The number of urea groups is 1. The molecule has 1 aliphatic rings. The van der Waals surface area contributed by atoms with Crippen LogP contribution < -0.4 is 10.6 Å². The van der Waals surface area contributed by atoms with Crippen LogP contribution in [-0.4, -0.2) is 23.3 Å². The molecule has 1 aliphatic carbocycles. The summed E-state index contributed by atoms with van der Waals surface area (Å²) in [6.45, 7) is 0.337. The van der Waals surface area contributed by atoms with E-state index >= 15 is 0 Å². The fourth-order valence-electron chi connectivity index (χ4n) is 2.79. The Labute approximate surface area is 123 Å². The predicted molar refractivity (Wildman–Crippen MR) is 79.8 cm³/mol. The molecule has 2 atom stereocenters. The molecule has 1 fully saturated rings. The molecule has 0 spiro atoms. The number of nitrogens with one attached hydrogen (secondary N) is 2. The first-order valence-corrected chi connectivity index (χ1v) is 7.42. The van der Waals surface area contributed by atoms with Crippen molar-refractivity contribution < 1.29 is 14.3 Å². The van der Waals surface area contributed by atoms with Gasteiger partial charge >= 0.3 is 6.03 Å². The number of aliphatic hydroxyl groups excluding tert-OH is 1. The van der Waals surface area contributed by atoms with Crippen LogP contribution in [0.4, 0.5) is 4.79 Å². The molecule has 0 radical (unpaired) electrons. The molecule has 2 unspecified atom stereocenters. The van der Waals surface area contributed by atoms with Gasteiger partial charge in [-0.2, -0.15) is 0 Å². The summed E-state index contributed by atoms with van der Waals surface area (Å²) in [5, 5.41) is 16.5. The molecule has 1 aromatic heterocycles. The van der Waals surface area contributed by atoms with Gasteiger partial charge in [-0.3, -0.25) is 0 Å². The van der Waals surface area contributed by atoms with Crippen LogP contribution in [0.1, 0.15) is 31.4 Å². The van der Waals surface area contributed by atoms with E-state index < -0.39 is 6.10 Å². The predicted octanol–water partition coefficient (Wildman–Crippen LogP) is 2.54. The Bertz CT molecular complexity index is 590. The fraction of sp³-hybridized carbons (Fsp3) is 0.438. The van der Waals surface area contributed by atoms with Gasteiger partial charge in [0.2, 0.25) is 0 Å². The summed E-state index contributed by atoms with van der Waals surface area (Å²) < 4.78 is 5.64. The van der Waals surface area contributed by atoms with E-state index in [2.05, 4.69) is 10.6 Å². The SMILES string of the molecule is O=C(NCc1cc2ccccc2o1)NC1CCCCC1O. The zero-order valence-corrected chi connectivity index (χ0v) is 11.8. The maximum absolute atomic E-state index is 11.9. The summed E-state index contributed by atoms with van der Waals surface area (Å²) in [6.07, 6.45) is 3.23. The highest BCUT2D eigenvalue weighted by molar-refractivity contribution is 5.78. The summed E-state index contributed by atoms with van der Waals surface area (Å²) in [7, 11) is 0. The first-order chi connectivity index (χ1) is 10.2. The quantitative estimate of drug-likeness (QED) is 0.812. The molecule has 0 bridgehead atoms. The van der Waals surface area contributed by atoms with Crippen LogP contribution >= 0.6 is 0 Å². The number of amides is 2. The lowest BCUT2D eigenvalue weighted by atomic mass is 9.93. The van der Waals surface area contributed by atoms with Crippen molar-refractivity contribution in [3.05, 3.63) is 36.1 Å². The van der Waals surface area contributed by atoms with Crippen molar-refractivity contribution in [2.45, 2.75) is 44.4 Å². The molecule has 21 heavy (non-hydrogen) atoms. The summed E-state index contributed by atoms with van der Waals surface area (Å²) in [6, 6.07) is 9.26. The van der Waals surface area contributed by atoms with Crippen LogP contribution in [0, 0.1) is 0 Å². The number of carbonyl (C=O) groups is 1. The van der Waals surface area contributed by atoms with Crippen molar-refractivity contribution >= 4 is 17.0 Å². The molecule has 2 amide bonds. The fourth-order valence-corrected chi connectivity index (χ4v) is 2.79. The van der Waals surface area contributed by atoms with Crippen LogP contribution in [0.25, 0.3) is 11.0 Å². The number of carbonyl (C=O) groups excluding carboxylic acids is 1. The second kappa shape index (κ2) is 6.18. The third-order valence-corrected chi connectivity index (χ3v) is 3.95. The second-order valence-electron chi connectivity index (χ2n) is 5.54. The molecule has 3 rings (SSSR count). The van der Waals surface area contributed by atoms with Crippen molar-refractivity contribution in [3.63, 3.8) is 0 Å². The van der Waals surface area contributed by atoms with Crippen LogP contribution in [0.3, 0.4) is 0 Å². The van der Waals surface area contributed by atoms with Crippen LogP contribution in [-0.2, 0) is 6.54 Å². The van der Waals surface area contributed by atoms with Gasteiger partial charge in [-0.1, -0.05) is 31.0 Å². The zero-order valence-electron chi connectivity index (χ0n) is 11.8. The van der Waals surface area contributed by atoms with Gasteiger partial charge in [0, 0.05) is 5.39 Å². The number of para-hydroxylation sites is 1. The maximum atomic E-state index is 11.9. The number of benzene rings is 1. The number of hydrogen-bond acceptors (Lipinski definition) is 3. The van der Waals surface area contributed by atoms with E-state index in [9.17, 15) is 9.90 Å². The van der Waals surface area contributed by atoms with Crippen LogP contribution in [0.15, 0.2) is 34.7 Å². The molecule has 5 nitrogen and oxygen atoms in total. The van der Waals surface area contributed by atoms with Crippen molar-refractivity contribution in [3.8, 4) is 0 Å². The minimum atomic E-state index is -0.435. The molecule has 1 aromatic carbocycles. The molecule has 2 aromatic rings. The highest BCUT2D eigenvalue weighted by Crippen LogP contribution is 2.19. The Kier molecular flexibility index (Phi) is 4.10. The monoisotopic (exact) mass is 288 g/mol. The van der Waals surface area contributed by atoms with E-state index in [1.54, 1.807) is 0 Å². The zero-order chi connectivity index (χ0) is 14.7. The first kappa shape index (κ1) is 13.9. The third-order valence-electron chi connectivity index (χ3n) is 3.95. The van der Waals surface area contributed by atoms with Gasteiger partial charge in [-0.15, -0.1) is 0 Å². The number of aliphatic hydroxyl groups is 1. The lowest BCUT2D eigenvalue weighted by molar-refractivity contribution is 0.0942. The van der Waals surface area contributed by atoms with E-state index in [-0.39, 0.29) is 12.1 Å². The average Bonchev–Trinajstić information content (AvgIpc) is 2.90. The normalized spacial score (nSPS) is 22.1. The van der Waals surface area contributed by atoms with Crippen molar-refractivity contribution in [1.82, 2.24) is 10.6 Å². The van der Waals surface area contributed by atoms with Crippen molar-refractivity contribution in [2.75, 3.05) is 0 Å². The largest absolute Gasteiger partial charge is 0.459 e. The summed E-state index contributed by atoms with van der Waals surface area (Å²) in [4.78, 5) is 11.9. The molecular formula is C16H20N2O3. The van der Waals surface area contributed by atoms with Gasteiger partial charge in [0.1, 0.15) is 11.3 Å². The number of hydrogen-bond donors (Lipinski definition) is 3. The molecular weight excluding hydrogens is 268 g/mol. The maximum Gasteiger partial charge on any atom is 0.315 e. The van der Waals surface area contributed by atoms with Gasteiger partial charge in [0.15, 0.2) is 0 Å². The van der Waals surface area contributed by atoms with Crippen LogP contribution in [0.5, 0.6) is 0 Å². The summed E-state index contributed by atoms with van der Waals surface area (Å²) >= 11 is 0. The smallest absolute Gasteiger partial charge is 0.315 e. The van der Waals surface area contributed by atoms with E-state index in [0.29, 0.717) is 6.54 Å². The molecule has 5 heteroatoms. The van der Waals surface area contributed by atoms with Gasteiger partial charge in [0.05, 0.1) is 18.7 Å². The Hall–Kier alpha value is -2.01. The molecule has 3 N–H and O–H groups in total. The Morgan fingerprint density at radius 2 is 2.10 bits per heavy atom. The molecule has 0 aliphatic heterocycles. The molecule has 1 heterocycles. The Morgan fingerprint density at radius 1 is 1.29 bits per heavy atom. The topological polar surface area (TPSA) is 74.5 Å². The van der Waals surface area contributed by atoms with E-state index in [4.69, 9.17) is 4.42 Å². The molecule has 112 valence electrons. The van der Waals surface area contributed by atoms with Crippen molar-refractivity contribution in [2.24, 2.45) is 0 Å². The van der Waals surface area contributed by atoms with Gasteiger partial charge in [-0.05, 0) is 25.0 Å². The van der Waals surface area contributed by atoms with Crippen LogP contribution in [0.2, 0.25) is 0 Å². The van der Waals surface area contributed by atoms with Gasteiger partial charge in [-0.25, -0.2) is 4.79 Å². The van der Waals surface area contributed by atoms with Gasteiger partial charge in [0.25, 0.3) is 0 Å². The molecule has 1 saturated carbocycles.